The predicted octanol–water partition coefficient (Wildman–Crippen LogP) is 5.96. The molecule has 0 spiro atoms. The molecule has 5 aromatic rings. The highest BCUT2D eigenvalue weighted by Gasteiger charge is 2.16. The van der Waals surface area contributed by atoms with Gasteiger partial charge in [0.25, 0.3) is 0 Å². The molecule has 0 radical (unpaired) electrons. The zero-order valence-electron chi connectivity index (χ0n) is 16.3. The molecule has 5 rings (SSSR count). The van der Waals surface area contributed by atoms with E-state index in [1.165, 1.54) is 6.33 Å². The summed E-state index contributed by atoms with van der Waals surface area (Å²) in [5.41, 5.74) is 2.89. The van der Waals surface area contributed by atoms with Crippen LogP contribution in [0, 0.1) is 0 Å². The Morgan fingerprint density at radius 3 is 2.56 bits per heavy atom. The molecule has 2 aromatic carbocycles. The number of nitrogens with one attached hydrogen (secondary N) is 1. The number of Topliss-reactive ketones (excluding diaryl/α,β-unsaturated/α-hetero) is 1. The van der Waals surface area contributed by atoms with E-state index in [1.807, 2.05) is 30.3 Å². The van der Waals surface area contributed by atoms with Crippen LogP contribution in [0.5, 0.6) is 0 Å². The Labute approximate surface area is 197 Å². The Bertz CT molecular complexity index is 1480. The molecule has 32 heavy (non-hydrogen) atoms. The quantitative estimate of drug-likeness (QED) is 0.245. The van der Waals surface area contributed by atoms with Crippen LogP contribution in [-0.4, -0.2) is 30.3 Å². The number of pyridine rings is 1. The lowest BCUT2D eigenvalue weighted by atomic mass is 10.1. The molecule has 10 heteroatoms. The van der Waals surface area contributed by atoms with Crippen LogP contribution >= 0.6 is 34.8 Å². The van der Waals surface area contributed by atoms with Crippen LogP contribution in [0.25, 0.3) is 22.1 Å². The van der Waals surface area contributed by atoms with Crippen molar-refractivity contribution in [2.75, 3.05) is 5.32 Å². The van der Waals surface area contributed by atoms with E-state index in [9.17, 15) is 4.79 Å². The summed E-state index contributed by atoms with van der Waals surface area (Å²) in [6.45, 7) is -0.0164. The van der Waals surface area contributed by atoms with Crippen molar-refractivity contribution >= 4 is 74.2 Å². The fraction of sp³-hybridized carbons (Fsp3) is 0.0455. The van der Waals surface area contributed by atoms with Gasteiger partial charge in [0.2, 0.25) is 5.28 Å². The largest absolute Gasteiger partial charge is 0.337 e. The smallest absolute Gasteiger partial charge is 0.226 e. The van der Waals surface area contributed by atoms with Gasteiger partial charge in [-0.25, -0.2) is 4.98 Å². The minimum absolute atomic E-state index is 0.0164. The van der Waals surface area contributed by atoms with E-state index in [1.54, 1.807) is 29.0 Å². The minimum atomic E-state index is -0.198. The van der Waals surface area contributed by atoms with E-state index in [0.29, 0.717) is 32.6 Å². The molecule has 0 aliphatic rings. The summed E-state index contributed by atoms with van der Waals surface area (Å²) in [6.07, 6.45) is 3.22. The summed E-state index contributed by atoms with van der Waals surface area (Å²) in [6, 6.07) is 14.4. The topological polar surface area (TPSA) is 85.6 Å². The van der Waals surface area contributed by atoms with Gasteiger partial charge >= 0.3 is 0 Å². The number of nitrogens with zero attached hydrogens (tertiary/aromatic N) is 5. The van der Waals surface area contributed by atoms with Crippen molar-refractivity contribution in [2.24, 2.45) is 0 Å². The second-order valence-electron chi connectivity index (χ2n) is 7.01. The molecule has 3 aromatic heterocycles. The molecule has 1 N–H and O–H groups in total. The monoisotopic (exact) mass is 482 g/mol. The lowest BCUT2D eigenvalue weighted by Gasteiger charge is -2.08. The summed E-state index contributed by atoms with van der Waals surface area (Å²) < 4.78 is 1.60. The molecule has 0 unspecified atom stereocenters. The van der Waals surface area contributed by atoms with Crippen LogP contribution in [0.1, 0.15) is 10.4 Å². The number of carbonyl (C=O) groups excluding carboxylic acids is 1. The average Bonchev–Trinajstić information content (AvgIpc) is 3.15. The number of aromatic nitrogens is 5. The molecule has 0 aliphatic heterocycles. The van der Waals surface area contributed by atoms with Crippen molar-refractivity contribution in [3.8, 4) is 0 Å². The van der Waals surface area contributed by atoms with Gasteiger partial charge in [0.15, 0.2) is 22.8 Å². The van der Waals surface area contributed by atoms with E-state index in [4.69, 9.17) is 34.8 Å². The van der Waals surface area contributed by atoms with Gasteiger partial charge in [-0.3, -0.25) is 9.78 Å². The summed E-state index contributed by atoms with van der Waals surface area (Å²) in [5, 5.41) is 4.97. The van der Waals surface area contributed by atoms with E-state index in [2.05, 4.69) is 25.3 Å². The van der Waals surface area contributed by atoms with Gasteiger partial charge in [0, 0.05) is 21.0 Å². The van der Waals surface area contributed by atoms with E-state index >= 15 is 0 Å². The van der Waals surface area contributed by atoms with Crippen molar-refractivity contribution in [2.45, 2.75) is 6.54 Å². The van der Waals surface area contributed by atoms with E-state index in [-0.39, 0.29) is 17.6 Å². The van der Waals surface area contributed by atoms with Crippen LogP contribution in [-0.2, 0) is 6.54 Å². The minimum Gasteiger partial charge on any atom is -0.337 e. The van der Waals surface area contributed by atoms with E-state index < -0.39 is 0 Å². The first kappa shape index (κ1) is 20.6. The van der Waals surface area contributed by atoms with Crippen LogP contribution in [0.15, 0.2) is 61.1 Å². The Morgan fingerprint density at radius 1 is 0.969 bits per heavy atom. The third kappa shape index (κ3) is 4.10. The summed E-state index contributed by atoms with van der Waals surface area (Å²) >= 11 is 18.2. The molecule has 3 heterocycles. The van der Waals surface area contributed by atoms with Gasteiger partial charge in [-0.2, -0.15) is 9.97 Å². The number of benzene rings is 2. The van der Waals surface area contributed by atoms with Crippen molar-refractivity contribution in [1.29, 1.82) is 0 Å². The predicted molar refractivity (Wildman–Crippen MR) is 126 cm³/mol. The molecule has 0 saturated carbocycles. The van der Waals surface area contributed by atoms with Gasteiger partial charge in [-0.1, -0.05) is 41.4 Å². The van der Waals surface area contributed by atoms with Crippen molar-refractivity contribution in [3.63, 3.8) is 0 Å². The lowest BCUT2D eigenvalue weighted by Crippen LogP contribution is -2.10. The maximum Gasteiger partial charge on any atom is 0.226 e. The Morgan fingerprint density at radius 2 is 1.75 bits per heavy atom. The highest BCUT2D eigenvalue weighted by Crippen LogP contribution is 2.26. The summed E-state index contributed by atoms with van der Waals surface area (Å²) in [5.74, 6) is 0.214. The second-order valence-corrected chi connectivity index (χ2v) is 8.22. The molecule has 158 valence electrons. The summed E-state index contributed by atoms with van der Waals surface area (Å²) in [7, 11) is 0. The number of imidazole rings is 1. The molecule has 0 aliphatic carbocycles. The SMILES string of the molecule is O=C(Cn1cnc2c(Nc3cnc4ccccc4c3)nc(Cl)nc21)c1cc(Cl)cc(Cl)c1. The Kier molecular flexibility index (Phi) is 5.38. The number of rotatable bonds is 5. The van der Waals surface area contributed by atoms with Gasteiger partial charge in [0.05, 0.1) is 30.3 Å². The van der Waals surface area contributed by atoms with Gasteiger partial charge in [-0.15, -0.1) is 0 Å². The number of hydrogen-bond acceptors (Lipinski definition) is 6. The third-order valence-electron chi connectivity index (χ3n) is 4.79. The van der Waals surface area contributed by atoms with Crippen LogP contribution in [0.4, 0.5) is 11.5 Å². The number of ketones is 1. The number of halogens is 3. The lowest BCUT2D eigenvalue weighted by molar-refractivity contribution is 0.0973. The van der Waals surface area contributed by atoms with Crippen molar-refractivity contribution in [1.82, 2.24) is 24.5 Å². The van der Waals surface area contributed by atoms with Gasteiger partial charge in [-0.05, 0) is 41.9 Å². The fourth-order valence-electron chi connectivity index (χ4n) is 3.36. The van der Waals surface area contributed by atoms with Gasteiger partial charge < -0.3 is 9.88 Å². The first-order valence-corrected chi connectivity index (χ1v) is 10.6. The Hall–Kier alpha value is -3.26. The first-order chi connectivity index (χ1) is 15.5. The average molecular weight is 484 g/mol. The highest BCUT2D eigenvalue weighted by molar-refractivity contribution is 6.35. The molecular formula is C22H13Cl3N6O. The molecule has 0 atom stereocenters. The number of para-hydroxylation sites is 1. The highest BCUT2D eigenvalue weighted by atomic mass is 35.5. The van der Waals surface area contributed by atoms with Gasteiger partial charge in [0.1, 0.15) is 0 Å². The normalized spacial score (nSPS) is 11.2. The standard InChI is InChI=1S/C22H13Cl3N6O/c23-14-5-13(6-15(24)8-14)18(32)10-31-11-27-19-20(29-22(25)30-21(19)31)28-16-7-12-3-1-2-4-17(12)26-9-16/h1-9,11H,10H2,(H,28,29,30). The van der Waals surface area contributed by atoms with Crippen molar-refractivity contribution in [3.05, 3.63) is 81.9 Å². The molecule has 7 nitrogen and oxygen atoms in total. The van der Waals surface area contributed by atoms with Crippen LogP contribution < -0.4 is 5.32 Å². The zero-order chi connectivity index (χ0) is 22.2. The maximum absolute atomic E-state index is 12.8. The van der Waals surface area contributed by atoms with E-state index in [0.717, 1.165) is 16.6 Å². The molecule has 0 fully saturated rings. The maximum atomic E-state index is 12.8. The number of anilines is 2. The van der Waals surface area contributed by atoms with Crippen LogP contribution in [0.3, 0.4) is 0 Å². The van der Waals surface area contributed by atoms with Crippen molar-refractivity contribution < 1.29 is 4.79 Å². The number of fused-ring (bicyclic) bond motifs is 2. The first-order valence-electron chi connectivity index (χ1n) is 9.46. The molecule has 0 bridgehead atoms. The Balaban J connectivity index is 1.48. The van der Waals surface area contributed by atoms with Crippen LogP contribution in [0.2, 0.25) is 15.3 Å². The zero-order valence-corrected chi connectivity index (χ0v) is 18.5. The fourth-order valence-corrected chi connectivity index (χ4v) is 4.05. The molecule has 0 amide bonds. The molecule has 0 saturated heterocycles. The number of carbonyl (C=O) groups is 1. The summed E-state index contributed by atoms with van der Waals surface area (Å²) in [4.78, 5) is 30.1. The third-order valence-corrected chi connectivity index (χ3v) is 5.39. The second kappa shape index (κ2) is 8.35. The molecular weight excluding hydrogens is 471 g/mol. The number of hydrogen-bond donors (Lipinski definition) is 1.